The first-order valence-corrected chi connectivity index (χ1v) is 14.7. The van der Waals surface area contributed by atoms with Gasteiger partial charge in [-0.05, 0) is 38.0 Å². The number of rotatable bonds is 20. The molecule has 0 aromatic carbocycles. The number of fused-ring (bicyclic) bond motifs is 1. The van der Waals surface area contributed by atoms with Gasteiger partial charge in [-0.1, -0.05) is 65.0 Å². The fourth-order valence-corrected chi connectivity index (χ4v) is 4.21. The second-order valence-electron chi connectivity index (χ2n) is 10.7. The summed E-state index contributed by atoms with van der Waals surface area (Å²) in [6.45, 7) is 6.51. The minimum atomic E-state index is -0.699. The van der Waals surface area contributed by atoms with Crippen LogP contribution in [0, 0.1) is 11.8 Å². The molecule has 0 radical (unpaired) electrons. The number of aromatic nitrogens is 4. The second-order valence-corrected chi connectivity index (χ2v) is 10.7. The van der Waals surface area contributed by atoms with Crippen molar-refractivity contribution in [3.63, 3.8) is 0 Å². The molecule has 2 aromatic heterocycles. The first-order valence-electron chi connectivity index (χ1n) is 14.7. The van der Waals surface area contributed by atoms with Crippen molar-refractivity contribution in [2.45, 2.75) is 104 Å². The second kappa shape index (κ2) is 18.2. The molecule has 2 rings (SSSR count). The van der Waals surface area contributed by atoms with Gasteiger partial charge in [0, 0.05) is 18.9 Å². The Hall–Kier alpha value is -3.21. The lowest BCUT2D eigenvalue weighted by Crippen LogP contribution is -2.37. The molecule has 11 nitrogen and oxygen atoms in total. The van der Waals surface area contributed by atoms with E-state index >= 15 is 0 Å². The highest BCUT2D eigenvalue weighted by Crippen LogP contribution is 2.15. The van der Waals surface area contributed by atoms with Crippen LogP contribution in [0.2, 0.25) is 0 Å². The van der Waals surface area contributed by atoms with Crippen molar-refractivity contribution in [3.8, 4) is 0 Å². The number of esters is 2. The topological polar surface area (TPSA) is 168 Å². The van der Waals surface area contributed by atoms with Crippen LogP contribution in [0.5, 0.6) is 0 Å². The summed E-state index contributed by atoms with van der Waals surface area (Å²) in [5, 5.41) is 0. The molecule has 0 amide bonds. The number of nitrogens with zero attached hydrogens (tertiary/aromatic N) is 3. The molecule has 1 unspecified atom stereocenters. The lowest BCUT2D eigenvalue weighted by atomic mass is 10.1. The van der Waals surface area contributed by atoms with Gasteiger partial charge in [0.25, 0.3) is 5.56 Å². The maximum atomic E-state index is 12.4. The Morgan fingerprint density at radius 1 is 1.07 bits per heavy atom. The highest BCUT2D eigenvalue weighted by molar-refractivity contribution is 5.75. The summed E-state index contributed by atoms with van der Waals surface area (Å²) in [6, 6.07) is -0.699. The summed E-state index contributed by atoms with van der Waals surface area (Å²) < 4.78 is 12.6. The molecule has 2 aromatic rings. The van der Waals surface area contributed by atoms with Crippen molar-refractivity contribution in [3.05, 3.63) is 28.8 Å². The van der Waals surface area contributed by atoms with Crippen LogP contribution < -0.4 is 17.0 Å². The standard InChI is InChI=1S/C29H48N6O5/c1-4-5-6-7-8-9-10-11-12-13-14-15-23(36)40-19-22(16-17-39-28(38)24(30)21(2)3)18-35-20-32-25-26(35)33-29(31)34-27(25)37/h7-8,20-22,24H,4-6,9-19,30H2,1-3H3,(H3,31,33,34,37)/t22?,24-/m0/s1. The number of hydrogen-bond donors (Lipinski definition) is 3. The Balaban J connectivity index is 1.82. The normalized spacial score (nSPS) is 13.2. The smallest absolute Gasteiger partial charge is 0.323 e. The van der Waals surface area contributed by atoms with Crippen molar-refractivity contribution in [1.29, 1.82) is 0 Å². The number of H-pyrrole nitrogens is 1. The molecule has 224 valence electrons. The Morgan fingerprint density at radius 3 is 2.50 bits per heavy atom. The molecule has 0 aliphatic heterocycles. The van der Waals surface area contributed by atoms with E-state index in [-0.39, 0.29) is 42.5 Å². The number of ether oxygens (including phenoxy) is 2. The number of nitrogens with two attached hydrogens (primary N) is 2. The molecular weight excluding hydrogens is 512 g/mol. The fourth-order valence-electron chi connectivity index (χ4n) is 4.21. The van der Waals surface area contributed by atoms with Gasteiger partial charge in [-0.3, -0.25) is 19.4 Å². The average Bonchev–Trinajstić information content (AvgIpc) is 3.32. The SMILES string of the molecule is CCCCC=CCCCCCCCC(=O)OCC(CCOC(=O)[C@@H](N)C(C)C)Cn1cnc2c(=O)[nH]c(N)nc21. The molecule has 0 spiro atoms. The van der Waals surface area contributed by atoms with Gasteiger partial charge in [0.15, 0.2) is 11.2 Å². The molecule has 0 fully saturated rings. The zero-order valence-corrected chi connectivity index (χ0v) is 24.4. The van der Waals surface area contributed by atoms with Gasteiger partial charge in [-0.15, -0.1) is 0 Å². The van der Waals surface area contributed by atoms with E-state index in [0.29, 0.717) is 25.0 Å². The minimum absolute atomic E-state index is 0.0118. The molecule has 0 saturated carbocycles. The maximum Gasteiger partial charge on any atom is 0.323 e. The number of nitrogen functional groups attached to an aromatic ring is 1. The molecule has 5 N–H and O–H groups in total. The quantitative estimate of drug-likeness (QED) is 0.122. The van der Waals surface area contributed by atoms with Gasteiger partial charge < -0.3 is 25.5 Å². The molecule has 2 atom stereocenters. The predicted molar refractivity (Wildman–Crippen MR) is 156 cm³/mol. The van der Waals surface area contributed by atoms with Crippen LogP contribution in [0.25, 0.3) is 11.2 Å². The highest BCUT2D eigenvalue weighted by atomic mass is 16.5. The summed E-state index contributed by atoms with van der Waals surface area (Å²) in [4.78, 5) is 47.5. The van der Waals surface area contributed by atoms with Crippen molar-refractivity contribution in [2.75, 3.05) is 18.9 Å². The van der Waals surface area contributed by atoms with Crippen LogP contribution >= 0.6 is 0 Å². The highest BCUT2D eigenvalue weighted by Gasteiger charge is 2.21. The third-order valence-corrected chi connectivity index (χ3v) is 6.83. The van der Waals surface area contributed by atoms with Gasteiger partial charge in [0.2, 0.25) is 5.95 Å². The van der Waals surface area contributed by atoms with Gasteiger partial charge >= 0.3 is 11.9 Å². The van der Waals surface area contributed by atoms with E-state index < -0.39 is 17.6 Å². The van der Waals surface area contributed by atoms with E-state index in [1.54, 1.807) is 4.57 Å². The fraction of sp³-hybridized carbons (Fsp3) is 0.690. The number of unbranched alkanes of at least 4 members (excludes halogenated alkanes) is 7. The van der Waals surface area contributed by atoms with Crippen LogP contribution in [0.3, 0.4) is 0 Å². The Morgan fingerprint density at radius 2 is 1.77 bits per heavy atom. The lowest BCUT2D eigenvalue weighted by molar-refractivity contribution is -0.149. The predicted octanol–water partition coefficient (Wildman–Crippen LogP) is 4.25. The minimum Gasteiger partial charge on any atom is -0.465 e. The van der Waals surface area contributed by atoms with Crippen LogP contribution in [-0.4, -0.2) is 50.7 Å². The van der Waals surface area contributed by atoms with Gasteiger partial charge in [0.1, 0.15) is 6.04 Å². The zero-order valence-electron chi connectivity index (χ0n) is 24.4. The Kier molecular flexibility index (Phi) is 15.0. The number of nitrogens with one attached hydrogen (secondary N) is 1. The average molecular weight is 561 g/mol. The number of anilines is 1. The van der Waals surface area contributed by atoms with Crippen molar-refractivity contribution >= 4 is 29.1 Å². The largest absolute Gasteiger partial charge is 0.465 e. The Bertz CT molecular complexity index is 1130. The molecule has 2 heterocycles. The van der Waals surface area contributed by atoms with E-state index in [4.69, 9.17) is 20.9 Å². The first-order chi connectivity index (χ1) is 19.2. The van der Waals surface area contributed by atoms with Gasteiger partial charge in [0.05, 0.1) is 19.5 Å². The van der Waals surface area contributed by atoms with Gasteiger partial charge in [-0.25, -0.2) is 4.98 Å². The summed E-state index contributed by atoms with van der Waals surface area (Å²) in [7, 11) is 0. The van der Waals surface area contributed by atoms with E-state index in [1.807, 2.05) is 13.8 Å². The number of carbonyl (C=O) groups excluding carboxylic acids is 2. The maximum absolute atomic E-state index is 12.4. The zero-order chi connectivity index (χ0) is 29.3. The molecule has 0 bridgehead atoms. The molecule has 40 heavy (non-hydrogen) atoms. The molecule has 11 heteroatoms. The summed E-state index contributed by atoms with van der Waals surface area (Å²) in [5.74, 6) is -0.979. The molecule has 0 aliphatic carbocycles. The number of carbonyl (C=O) groups is 2. The Labute approximate surface area is 237 Å². The summed E-state index contributed by atoms with van der Waals surface area (Å²) in [5.41, 5.74) is 11.7. The summed E-state index contributed by atoms with van der Waals surface area (Å²) in [6.07, 6.45) is 16.8. The summed E-state index contributed by atoms with van der Waals surface area (Å²) >= 11 is 0. The van der Waals surface area contributed by atoms with Gasteiger partial charge in [-0.2, -0.15) is 4.98 Å². The van der Waals surface area contributed by atoms with Crippen LogP contribution in [0.4, 0.5) is 5.95 Å². The van der Waals surface area contributed by atoms with Crippen LogP contribution in [0.15, 0.2) is 23.3 Å². The molecular formula is C29H48N6O5. The van der Waals surface area contributed by atoms with E-state index in [1.165, 1.54) is 32.0 Å². The lowest BCUT2D eigenvalue weighted by Gasteiger charge is -2.19. The van der Waals surface area contributed by atoms with E-state index in [0.717, 1.165) is 32.1 Å². The van der Waals surface area contributed by atoms with Crippen LogP contribution in [-0.2, 0) is 25.6 Å². The molecule has 0 saturated heterocycles. The third-order valence-electron chi connectivity index (χ3n) is 6.83. The van der Waals surface area contributed by atoms with E-state index in [2.05, 4.69) is 34.0 Å². The van der Waals surface area contributed by atoms with Crippen molar-refractivity contribution in [2.24, 2.45) is 17.6 Å². The first kappa shape index (κ1) is 33.0. The van der Waals surface area contributed by atoms with Crippen molar-refractivity contribution in [1.82, 2.24) is 19.5 Å². The van der Waals surface area contributed by atoms with Crippen LogP contribution in [0.1, 0.15) is 91.4 Å². The van der Waals surface area contributed by atoms with Crippen molar-refractivity contribution < 1.29 is 19.1 Å². The third kappa shape index (κ3) is 11.9. The number of aromatic amines is 1. The van der Waals surface area contributed by atoms with E-state index in [9.17, 15) is 14.4 Å². The monoisotopic (exact) mass is 560 g/mol. The number of allylic oxidation sites excluding steroid dienone is 2. The molecule has 0 aliphatic rings. The number of hydrogen-bond acceptors (Lipinski definition) is 9. The number of imidazole rings is 1.